The molecular weight excluding hydrogens is 321 g/mol. The van der Waals surface area contributed by atoms with Crippen molar-refractivity contribution in [1.82, 2.24) is 9.80 Å². The van der Waals surface area contributed by atoms with Crippen molar-refractivity contribution >= 4 is 11.8 Å². The number of hydrogen-bond donors (Lipinski definition) is 1. The molecule has 1 saturated heterocycles. The molecule has 2 amide bonds. The molecule has 2 N–H and O–H groups in total. The van der Waals surface area contributed by atoms with Gasteiger partial charge in [0.1, 0.15) is 5.82 Å². The predicted octanol–water partition coefficient (Wildman–Crippen LogP) is 2.15. The minimum Gasteiger partial charge on any atom is -0.370 e. The lowest BCUT2D eigenvalue weighted by Gasteiger charge is -2.35. The molecule has 1 atom stereocenters. The van der Waals surface area contributed by atoms with Gasteiger partial charge in [-0.1, -0.05) is 26.0 Å². The number of primary amides is 1. The molecule has 6 heteroatoms. The summed E-state index contributed by atoms with van der Waals surface area (Å²) in [6.45, 7) is 6.97. The Kier molecular flexibility index (Phi) is 6.93. The summed E-state index contributed by atoms with van der Waals surface area (Å²) < 4.78 is 13.1. The van der Waals surface area contributed by atoms with Gasteiger partial charge in [0.2, 0.25) is 11.8 Å². The monoisotopic (exact) mass is 349 g/mol. The van der Waals surface area contributed by atoms with Gasteiger partial charge >= 0.3 is 0 Å². The minimum absolute atomic E-state index is 0.0913. The van der Waals surface area contributed by atoms with Crippen molar-refractivity contribution in [1.29, 1.82) is 0 Å². The van der Waals surface area contributed by atoms with Crippen LogP contribution < -0.4 is 5.73 Å². The average molecular weight is 349 g/mol. The second kappa shape index (κ2) is 8.94. The van der Waals surface area contributed by atoms with Crippen LogP contribution in [-0.4, -0.2) is 47.3 Å². The number of carbonyl (C=O) groups excluding carboxylic acids is 2. The summed E-state index contributed by atoms with van der Waals surface area (Å²) in [5, 5.41) is 0. The molecule has 0 aromatic heterocycles. The quantitative estimate of drug-likeness (QED) is 0.820. The highest BCUT2D eigenvalue weighted by molar-refractivity contribution is 5.77. The topological polar surface area (TPSA) is 66.6 Å². The highest BCUT2D eigenvalue weighted by atomic mass is 19.1. The molecule has 1 fully saturated rings. The van der Waals surface area contributed by atoms with Gasteiger partial charge in [-0.2, -0.15) is 0 Å². The van der Waals surface area contributed by atoms with Crippen LogP contribution in [0.4, 0.5) is 4.39 Å². The number of benzene rings is 1. The third-order valence-corrected chi connectivity index (χ3v) is 4.74. The Morgan fingerprint density at radius 2 is 2.00 bits per heavy atom. The standard InChI is InChI=1S/C19H28FN3O2/c1-14(2)17-13-22(10-3-4-18(21)24)11-9-19(25)23(17)12-15-5-7-16(20)8-6-15/h5-8,14,17H,3-4,9-13H2,1-2H3,(H2,21,24)/t17-/m1/s1. The summed E-state index contributed by atoms with van der Waals surface area (Å²) in [7, 11) is 0. The smallest absolute Gasteiger partial charge is 0.224 e. The maximum atomic E-state index is 13.1. The van der Waals surface area contributed by atoms with Gasteiger partial charge in [-0.05, 0) is 36.6 Å². The predicted molar refractivity (Wildman–Crippen MR) is 95.1 cm³/mol. The second-order valence-electron chi connectivity index (χ2n) is 7.08. The van der Waals surface area contributed by atoms with Gasteiger partial charge in [-0.15, -0.1) is 0 Å². The molecule has 0 radical (unpaired) electrons. The Balaban J connectivity index is 2.07. The van der Waals surface area contributed by atoms with E-state index in [2.05, 4.69) is 18.7 Å². The normalized spacial score (nSPS) is 19.3. The van der Waals surface area contributed by atoms with Gasteiger partial charge < -0.3 is 15.5 Å². The van der Waals surface area contributed by atoms with Gasteiger partial charge in [0.25, 0.3) is 0 Å². The van der Waals surface area contributed by atoms with Crippen LogP contribution in [0.5, 0.6) is 0 Å². The molecule has 1 aliphatic rings. The largest absolute Gasteiger partial charge is 0.370 e. The van der Waals surface area contributed by atoms with Crippen LogP contribution in [0.3, 0.4) is 0 Å². The molecule has 1 aliphatic heterocycles. The number of rotatable bonds is 7. The zero-order chi connectivity index (χ0) is 18.4. The maximum absolute atomic E-state index is 13.1. The molecule has 25 heavy (non-hydrogen) atoms. The Labute approximate surface area is 149 Å². The van der Waals surface area contributed by atoms with E-state index in [-0.39, 0.29) is 23.7 Å². The van der Waals surface area contributed by atoms with Crippen molar-refractivity contribution < 1.29 is 14.0 Å². The number of nitrogens with two attached hydrogens (primary N) is 1. The molecule has 0 bridgehead atoms. The molecule has 138 valence electrons. The highest BCUT2D eigenvalue weighted by Gasteiger charge is 2.31. The molecule has 0 aliphatic carbocycles. The van der Waals surface area contributed by atoms with Gasteiger partial charge in [-0.3, -0.25) is 9.59 Å². The van der Waals surface area contributed by atoms with Crippen molar-refractivity contribution in [2.24, 2.45) is 11.7 Å². The Morgan fingerprint density at radius 1 is 1.32 bits per heavy atom. The van der Waals surface area contributed by atoms with Crippen LogP contribution in [0.15, 0.2) is 24.3 Å². The van der Waals surface area contributed by atoms with E-state index in [0.717, 1.165) is 18.7 Å². The molecule has 1 aromatic carbocycles. The molecular formula is C19H28FN3O2. The van der Waals surface area contributed by atoms with Gasteiger partial charge in [-0.25, -0.2) is 4.39 Å². The molecule has 0 unspecified atom stereocenters. The number of halogens is 1. The summed E-state index contributed by atoms with van der Waals surface area (Å²) in [4.78, 5) is 27.8. The minimum atomic E-state index is -0.288. The van der Waals surface area contributed by atoms with E-state index >= 15 is 0 Å². The summed E-state index contributed by atoms with van der Waals surface area (Å²) >= 11 is 0. The fraction of sp³-hybridized carbons (Fsp3) is 0.579. The summed E-state index contributed by atoms with van der Waals surface area (Å²) in [5.41, 5.74) is 6.14. The lowest BCUT2D eigenvalue weighted by atomic mass is 10.0. The molecule has 0 saturated carbocycles. The molecule has 5 nitrogen and oxygen atoms in total. The van der Waals surface area contributed by atoms with E-state index in [0.29, 0.717) is 38.3 Å². The average Bonchev–Trinajstić information content (AvgIpc) is 2.70. The van der Waals surface area contributed by atoms with E-state index in [1.54, 1.807) is 12.1 Å². The number of amides is 2. The van der Waals surface area contributed by atoms with Crippen molar-refractivity contribution in [3.05, 3.63) is 35.6 Å². The van der Waals surface area contributed by atoms with Crippen molar-refractivity contribution in [3.8, 4) is 0 Å². The lowest BCUT2D eigenvalue weighted by molar-refractivity contribution is -0.134. The van der Waals surface area contributed by atoms with Gasteiger partial charge in [0.05, 0.1) is 0 Å². The first-order valence-corrected chi connectivity index (χ1v) is 8.91. The maximum Gasteiger partial charge on any atom is 0.224 e. The molecule has 2 rings (SSSR count). The van der Waals surface area contributed by atoms with Gasteiger partial charge in [0, 0.05) is 38.5 Å². The van der Waals surface area contributed by atoms with Crippen LogP contribution in [0.25, 0.3) is 0 Å². The zero-order valence-corrected chi connectivity index (χ0v) is 15.1. The third kappa shape index (κ3) is 5.81. The summed E-state index contributed by atoms with van der Waals surface area (Å²) in [6.07, 6.45) is 1.55. The molecule has 0 spiro atoms. The van der Waals surface area contributed by atoms with E-state index in [1.165, 1.54) is 12.1 Å². The fourth-order valence-electron chi connectivity index (χ4n) is 3.28. The van der Waals surface area contributed by atoms with Crippen LogP contribution in [0.2, 0.25) is 0 Å². The first-order chi connectivity index (χ1) is 11.9. The van der Waals surface area contributed by atoms with Crippen LogP contribution in [-0.2, 0) is 16.1 Å². The zero-order valence-electron chi connectivity index (χ0n) is 15.1. The van der Waals surface area contributed by atoms with E-state index in [9.17, 15) is 14.0 Å². The second-order valence-corrected chi connectivity index (χ2v) is 7.08. The Hall–Kier alpha value is -1.95. The third-order valence-electron chi connectivity index (χ3n) is 4.74. The van der Waals surface area contributed by atoms with Crippen LogP contribution in [0, 0.1) is 11.7 Å². The van der Waals surface area contributed by atoms with Crippen molar-refractivity contribution in [2.45, 2.75) is 45.7 Å². The van der Waals surface area contributed by atoms with E-state index < -0.39 is 0 Å². The van der Waals surface area contributed by atoms with Gasteiger partial charge in [0.15, 0.2) is 0 Å². The van der Waals surface area contributed by atoms with Crippen molar-refractivity contribution in [3.63, 3.8) is 0 Å². The fourth-order valence-corrected chi connectivity index (χ4v) is 3.28. The van der Waals surface area contributed by atoms with Crippen LogP contribution in [0.1, 0.15) is 38.7 Å². The molecule has 1 heterocycles. The number of nitrogens with zero attached hydrogens (tertiary/aromatic N) is 2. The lowest BCUT2D eigenvalue weighted by Crippen LogP contribution is -2.46. The highest BCUT2D eigenvalue weighted by Crippen LogP contribution is 2.21. The van der Waals surface area contributed by atoms with E-state index in [1.807, 2.05) is 4.90 Å². The Bertz CT molecular complexity index is 589. The number of carbonyl (C=O) groups is 2. The SMILES string of the molecule is CC(C)[C@H]1CN(CCCC(N)=O)CCC(=O)N1Cc1ccc(F)cc1. The molecule has 1 aromatic rings. The van der Waals surface area contributed by atoms with Crippen molar-refractivity contribution in [2.75, 3.05) is 19.6 Å². The first kappa shape index (κ1) is 19.4. The van der Waals surface area contributed by atoms with Crippen LogP contribution >= 0.6 is 0 Å². The summed E-state index contributed by atoms with van der Waals surface area (Å²) in [5.74, 6) is -0.127. The number of hydrogen-bond acceptors (Lipinski definition) is 3. The first-order valence-electron chi connectivity index (χ1n) is 8.91. The summed E-state index contributed by atoms with van der Waals surface area (Å²) in [6, 6.07) is 6.41. The van der Waals surface area contributed by atoms with E-state index in [4.69, 9.17) is 5.73 Å². The Morgan fingerprint density at radius 3 is 2.60 bits per heavy atom.